The third kappa shape index (κ3) is 8.03. The normalized spacial score (nSPS) is 19.1. The Bertz CT molecular complexity index is 637. The molecule has 0 radical (unpaired) electrons. The van der Waals surface area contributed by atoms with E-state index in [-0.39, 0.29) is 11.4 Å². The Morgan fingerprint density at radius 1 is 1.19 bits per heavy atom. The van der Waals surface area contributed by atoms with E-state index in [1.54, 1.807) is 0 Å². The molecule has 0 heterocycles. The SMILES string of the molecule is CC(C=CC1=C(C)CCCC1(C)C)=CC=CC(C)=CC(=O)OCC(C)C. The van der Waals surface area contributed by atoms with Crippen LogP contribution in [0.3, 0.4) is 0 Å². The van der Waals surface area contributed by atoms with Crippen LogP contribution in [0.5, 0.6) is 0 Å². The summed E-state index contributed by atoms with van der Waals surface area (Å²) in [6.07, 6.45) is 15.7. The lowest BCUT2D eigenvalue weighted by Crippen LogP contribution is -2.19. The van der Waals surface area contributed by atoms with Crippen LogP contribution >= 0.6 is 0 Å². The Morgan fingerprint density at radius 2 is 1.88 bits per heavy atom. The third-order valence-corrected chi connectivity index (χ3v) is 4.68. The van der Waals surface area contributed by atoms with Gasteiger partial charge in [-0.2, -0.15) is 0 Å². The Kier molecular flexibility index (Phi) is 8.84. The van der Waals surface area contributed by atoms with Gasteiger partial charge < -0.3 is 4.74 Å². The van der Waals surface area contributed by atoms with E-state index in [0.717, 1.165) is 5.57 Å². The van der Waals surface area contributed by atoms with E-state index in [2.05, 4.69) is 45.9 Å². The summed E-state index contributed by atoms with van der Waals surface area (Å²) in [5, 5.41) is 0. The maximum atomic E-state index is 11.7. The summed E-state index contributed by atoms with van der Waals surface area (Å²) in [5.74, 6) is 0.0804. The number of carbonyl (C=O) groups is 1. The second-order valence-electron chi connectivity index (χ2n) is 8.45. The summed E-state index contributed by atoms with van der Waals surface area (Å²) in [4.78, 5) is 11.7. The first-order valence-corrected chi connectivity index (χ1v) is 9.70. The molecular formula is C24H36O2. The Labute approximate surface area is 160 Å². The smallest absolute Gasteiger partial charge is 0.331 e. The Morgan fingerprint density at radius 3 is 2.50 bits per heavy atom. The Balaban J connectivity index is 2.67. The summed E-state index contributed by atoms with van der Waals surface area (Å²) in [7, 11) is 0. The maximum Gasteiger partial charge on any atom is 0.331 e. The van der Waals surface area contributed by atoms with Crippen LogP contribution in [0.4, 0.5) is 0 Å². The summed E-state index contributed by atoms with van der Waals surface area (Å²) in [5.41, 5.74) is 5.34. The zero-order chi connectivity index (χ0) is 19.7. The predicted molar refractivity (Wildman–Crippen MR) is 112 cm³/mol. The molecule has 1 aliphatic rings. The van der Waals surface area contributed by atoms with Crippen LogP contribution < -0.4 is 0 Å². The highest BCUT2D eigenvalue weighted by Gasteiger charge is 2.26. The van der Waals surface area contributed by atoms with Gasteiger partial charge in [0.15, 0.2) is 0 Å². The number of hydrogen-bond acceptors (Lipinski definition) is 2. The van der Waals surface area contributed by atoms with E-state index in [4.69, 9.17) is 4.74 Å². The highest BCUT2D eigenvalue weighted by Crippen LogP contribution is 2.40. The lowest BCUT2D eigenvalue weighted by atomic mass is 9.72. The van der Waals surface area contributed by atoms with Crippen LogP contribution in [-0.2, 0) is 9.53 Å². The van der Waals surface area contributed by atoms with Gasteiger partial charge in [0.1, 0.15) is 0 Å². The molecule has 0 saturated heterocycles. The summed E-state index contributed by atoms with van der Waals surface area (Å²) >= 11 is 0. The van der Waals surface area contributed by atoms with Gasteiger partial charge in [-0.25, -0.2) is 4.79 Å². The predicted octanol–water partition coefficient (Wildman–Crippen LogP) is 6.72. The fraction of sp³-hybridized carbons (Fsp3) is 0.542. The molecule has 0 N–H and O–H groups in total. The molecule has 0 aliphatic heterocycles. The topological polar surface area (TPSA) is 26.3 Å². The number of allylic oxidation sites excluding steroid dienone is 9. The summed E-state index contributed by atoms with van der Waals surface area (Å²) in [6.45, 7) is 15.4. The van der Waals surface area contributed by atoms with Crippen LogP contribution in [-0.4, -0.2) is 12.6 Å². The maximum absolute atomic E-state index is 11.7. The largest absolute Gasteiger partial charge is 0.462 e. The second kappa shape index (κ2) is 10.4. The fourth-order valence-corrected chi connectivity index (χ4v) is 3.16. The summed E-state index contributed by atoms with van der Waals surface area (Å²) in [6, 6.07) is 0. The molecule has 0 unspecified atom stereocenters. The van der Waals surface area contributed by atoms with E-state index in [1.807, 2.05) is 32.9 Å². The van der Waals surface area contributed by atoms with E-state index in [9.17, 15) is 4.79 Å². The van der Waals surface area contributed by atoms with Crippen molar-refractivity contribution in [3.63, 3.8) is 0 Å². The van der Waals surface area contributed by atoms with Gasteiger partial charge >= 0.3 is 5.97 Å². The lowest BCUT2D eigenvalue weighted by Gasteiger charge is -2.32. The van der Waals surface area contributed by atoms with Gasteiger partial charge in [-0.15, -0.1) is 0 Å². The molecule has 0 bridgehead atoms. The highest BCUT2D eigenvalue weighted by molar-refractivity contribution is 5.83. The number of hydrogen-bond donors (Lipinski definition) is 0. The minimum atomic E-state index is -0.275. The molecule has 2 heteroatoms. The Hall–Kier alpha value is -1.83. The average Bonchev–Trinajstić information content (AvgIpc) is 2.51. The summed E-state index contributed by atoms with van der Waals surface area (Å²) < 4.78 is 5.16. The monoisotopic (exact) mass is 356 g/mol. The van der Waals surface area contributed by atoms with Crippen LogP contribution in [0, 0.1) is 11.3 Å². The molecule has 2 nitrogen and oxygen atoms in total. The van der Waals surface area contributed by atoms with Gasteiger partial charge in [-0.1, -0.05) is 69.2 Å². The van der Waals surface area contributed by atoms with Gasteiger partial charge in [-0.05, 0) is 62.5 Å². The van der Waals surface area contributed by atoms with Gasteiger partial charge in [0, 0.05) is 6.08 Å². The number of rotatable bonds is 7. The van der Waals surface area contributed by atoms with E-state index < -0.39 is 0 Å². The zero-order valence-corrected chi connectivity index (χ0v) is 17.7. The molecule has 0 fully saturated rings. The quantitative estimate of drug-likeness (QED) is 0.287. The minimum Gasteiger partial charge on any atom is -0.462 e. The third-order valence-electron chi connectivity index (χ3n) is 4.68. The van der Waals surface area contributed by atoms with Crippen molar-refractivity contribution in [2.24, 2.45) is 11.3 Å². The molecule has 0 aromatic rings. The number of esters is 1. The molecule has 0 aromatic carbocycles. The van der Waals surface area contributed by atoms with Crippen LogP contribution in [0.15, 0.2) is 58.7 Å². The standard InChI is InChI=1S/C24H36O2/c1-18(2)17-26-23(25)16-20(4)11-8-10-19(3)13-14-22-21(5)12-9-15-24(22,6)7/h8,10-11,13-14,16,18H,9,12,15,17H2,1-7H3. The molecule has 0 atom stereocenters. The van der Waals surface area contributed by atoms with Gasteiger partial charge in [0.2, 0.25) is 0 Å². The minimum absolute atomic E-state index is 0.268. The second-order valence-corrected chi connectivity index (χ2v) is 8.45. The molecule has 1 rings (SSSR count). The van der Waals surface area contributed by atoms with E-state index in [1.165, 1.54) is 42.1 Å². The van der Waals surface area contributed by atoms with E-state index >= 15 is 0 Å². The molecule has 0 aromatic heterocycles. The molecule has 26 heavy (non-hydrogen) atoms. The van der Waals surface area contributed by atoms with Crippen LogP contribution in [0.25, 0.3) is 0 Å². The van der Waals surface area contributed by atoms with Gasteiger partial charge in [0.05, 0.1) is 6.61 Å². The van der Waals surface area contributed by atoms with Crippen molar-refractivity contribution in [1.29, 1.82) is 0 Å². The van der Waals surface area contributed by atoms with Crippen molar-refractivity contribution < 1.29 is 9.53 Å². The lowest BCUT2D eigenvalue weighted by molar-refractivity contribution is -0.138. The van der Waals surface area contributed by atoms with Crippen molar-refractivity contribution in [3.05, 3.63) is 58.7 Å². The first-order chi connectivity index (χ1) is 12.1. The van der Waals surface area contributed by atoms with Gasteiger partial charge in [0.25, 0.3) is 0 Å². The molecule has 144 valence electrons. The molecule has 0 amide bonds. The molecule has 1 aliphatic carbocycles. The first-order valence-electron chi connectivity index (χ1n) is 9.70. The van der Waals surface area contributed by atoms with Crippen LogP contribution in [0.1, 0.15) is 67.7 Å². The molecular weight excluding hydrogens is 320 g/mol. The van der Waals surface area contributed by atoms with Crippen LogP contribution in [0.2, 0.25) is 0 Å². The average molecular weight is 357 g/mol. The number of carbonyl (C=O) groups excluding carboxylic acids is 1. The van der Waals surface area contributed by atoms with Crippen molar-refractivity contribution in [3.8, 4) is 0 Å². The van der Waals surface area contributed by atoms with Crippen molar-refractivity contribution in [1.82, 2.24) is 0 Å². The van der Waals surface area contributed by atoms with Crippen molar-refractivity contribution >= 4 is 5.97 Å². The van der Waals surface area contributed by atoms with Crippen molar-refractivity contribution in [2.75, 3.05) is 6.61 Å². The van der Waals surface area contributed by atoms with E-state index in [0.29, 0.717) is 12.5 Å². The molecule has 0 saturated carbocycles. The number of ether oxygens (including phenoxy) is 1. The molecule has 0 spiro atoms. The fourth-order valence-electron chi connectivity index (χ4n) is 3.16. The van der Waals surface area contributed by atoms with Gasteiger partial charge in [-0.3, -0.25) is 0 Å². The van der Waals surface area contributed by atoms with Crippen molar-refractivity contribution in [2.45, 2.75) is 67.7 Å². The highest BCUT2D eigenvalue weighted by atomic mass is 16.5. The first kappa shape index (κ1) is 22.2. The zero-order valence-electron chi connectivity index (χ0n) is 17.7.